The number of nitrogens with one attached hydrogen (secondary N) is 3. The lowest BCUT2D eigenvalue weighted by atomic mass is 10.3. The van der Waals surface area contributed by atoms with Gasteiger partial charge in [-0.05, 0) is 41.6 Å². The molecule has 0 aliphatic carbocycles. The summed E-state index contributed by atoms with van der Waals surface area (Å²) in [6.45, 7) is 5.46. The summed E-state index contributed by atoms with van der Waals surface area (Å²) in [6, 6.07) is 6.30. The molecule has 0 bridgehead atoms. The molecular formula is C14H19IN5O2S-. The zero-order valence-electron chi connectivity index (χ0n) is 12.5. The minimum Gasteiger partial charge on any atom is -0.440 e. The first-order valence-electron chi connectivity index (χ1n) is 6.61. The maximum absolute atomic E-state index is 11.0. The number of aliphatic hydroxyl groups is 1. The quantitative estimate of drug-likeness (QED) is 0.144. The highest BCUT2D eigenvalue weighted by atomic mass is 127. The van der Waals surface area contributed by atoms with Crippen LogP contribution in [-0.4, -0.2) is 23.7 Å². The molecule has 0 radical (unpaired) electrons. The molecule has 0 aromatic heterocycles. The molecule has 0 aliphatic rings. The van der Waals surface area contributed by atoms with Crippen LogP contribution in [0.5, 0.6) is 0 Å². The number of aliphatic imine (C=N–C) groups is 1. The number of halogens is 1. The van der Waals surface area contributed by atoms with E-state index in [0.29, 0.717) is 16.4 Å². The van der Waals surface area contributed by atoms with Crippen LogP contribution in [0.4, 0.5) is 5.69 Å². The van der Waals surface area contributed by atoms with Crippen molar-refractivity contribution in [3.8, 4) is 0 Å². The Hall–Kier alpha value is -1.59. The van der Waals surface area contributed by atoms with Crippen molar-refractivity contribution in [2.45, 2.75) is 17.9 Å². The minimum atomic E-state index is -1.77. The van der Waals surface area contributed by atoms with Crippen molar-refractivity contribution in [3.63, 3.8) is 0 Å². The maximum atomic E-state index is 11.0. The molecule has 0 saturated carbocycles. The largest absolute Gasteiger partial charge is 0.440 e. The highest BCUT2D eigenvalue weighted by Gasteiger charge is 2.06. The van der Waals surface area contributed by atoms with Crippen LogP contribution in [-0.2, 0) is 14.8 Å². The number of allylic oxidation sites excluding steroid dienone is 2. The molecule has 0 amide bonds. The van der Waals surface area contributed by atoms with E-state index in [4.69, 9.17) is 15.6 Å². The molecule has 0 spiro atoms. The van der Waals surface area contributed by atoms with Crippen LogP contribution < -0.4 is 16.4 Å². The lowest BCUT2D eigenvalue weighted by Crippen LogP contribution is -2.31. The SMILES string of the molecule is C=C/C(I)=C(\N=C(N)Nc1ccc([S-](=N)=O)cc1)N[C@H](C)CO. The van der Waals surface area contributed by atoms with Crippen molar-refractivity contribution in [2.75, 3.05) is 11.9 Å². The van der Waals surface area contributed by atoms with Gasteiger partial charge in [0.25, 0.3) is 0 Å². The second-order valence-electron chi connectivity index (χ2n) is 4.54. The first kappa shape index (κ1) is 19.5. The van der Waals surface area contributed by atoms with Gasteiger partial charge in [0.1, 0.15) is 5.82 Å². The van der Waals surface area contributed by atoms with Gasteiger partial charge in [0.2, 0.25) is 0 Å². The van der Waals surface area contributed by atoms with Gasteiger partial charge in [0.05, 0.1) is 10.2 Å². The number of benzene rings is 1. The molecule has 0 unspecified atom stereocenters. The predicted octanol–water partition coefficient (Wildman–Crippen LogP) is 2.26. The van der Waals surface area contributed by atoms with Crippen LogP contribution >= 0.6 is 22.6 Å². The Kier molecular flexibility index (Phi) is 8.06. The second kappa shape index (κ2) is 9.53. The zero-order chi connectivity index (χ0) is 17.4. The van der Waals surface area contributed by atoms with Crippen molar-refractivity contribution < 1.29 is 9.32 Å². The molecule has 23 heavy (non-hydrogen) atoms. The summed E-state index contributed by atoms with van der Waals surface area (Å²) in [7, 11) is -1.77. The van der Waals surface area contributed by atoms with Crippen molar-refractivity contribution in [1.29, 1.82) is 4.78 Å². The average molecular weight is 448 g/mol. The Morgan fingerprint density at radius 1 is 1.57 bits per heavy atom. The van der Waals surface area contributed by atoms with Crippen LogP contribution in [0.1, 0.15) is 6.92 Å². The fourth-order valence-electron chi connectivity index (χ4n) is 1.49. The van der Waals surface area contributed by atoms with E-state index < -0.39 is 10.6 Å². The molecule has 1 aromatic rings. The lowest BCUT2D eigenvalue weighted by molar-refractivity contribution is 0.258. The van der Waals surface area contributed by atoms with Crippen molar-refractivity contribution >= 4 is 44.8 Å². The van der Waals surface area contributed by atoms with Crippen LogP contribution in [0.15, 0.2) is 56.2 Å². The number of anilines is 1. The van der Waals surface area contributed by atoms with E-state index in [2.05, 4.69) is 44.8 Å². The van der Waals surface area contributed by atoms with Crippen molar-refractivity contribution in [1.82, 2.24) is 5.32 Å². The summed E-state index contributed by atoms with van der Waals surface area (Å²) in [4.78, 5) is 4.66. The summed E-state index contributed by atoms with van der Waals surface area (Å²) in [6.07, 6.45) is 1.63. The minimum absolute atomic E-state index is 0.0425. The molecule has 1 atom stereocenters. The van der Waals surface area contributed by atoms with Gasteiger partial charge in [0, 0.05) is 11.7 Å². The van der Waals surface area contributed by atoms with Crippen molar-refractivity contribution in [2.24, 2.45) is 10.7 Å². The van der Waals surface area contributed by atoms with Crippen LogP contribution in [0.3, 0.4) is 0 Å². The van der Waals surface area contributed by atoms with Crippen molar-refractivity contribution in [3.05, 3.63) is 46.3 Å². The molecule has 7 nitrogen and oxygen atoms in total. The average Bonchev–Trinajstić information content (AvgIpc) is 2.53. The predicted molar refractivity (Wildman–Crippen MR) is 102 cm³/mol. The monoisotopic (exact) mass is 448 g/mol. The highest BCUT2D eigenvalue weighted by molar-refractivity contribution is 14.1. The van der Waals surface area contributed by atoms with E-state index in [-0.39, 0.29) is 18.6 Å². The van der Waals surface area contributed by atoms with Crippen LogP contribution in [0, 0.1) is 4.78 Å². The summed E-state index contributed by atoms with van der Waals surface area (Å²) in [5, 5.41) is 15.1. The third-order valence-electron chi connectivity index (χ3n) is 2.64. The second-order valence-corrected chi connectivity index (χ2v) is 6.71. The lowest BCUT2D eigenvalue weighted by Gasteiger charge is -2.15. The molecule has 6 N–H and O–H groups in total. The summed E-state index contributed by atoms with van der Waals surface area (Å²) >= 11 is 2.07. The van der Waals surface area contributed by atoms with Gasteiger partial charge >= 0.3 is 0 Å². The first-order chi connectivity index (χ1) is 10.9. The number of guanidine groups is 1. The van der Waals surface area contributed by atoms with E-state index in [9.17, 15) is 4.21 Å². The number of hydrogen-bond donors (Lipinski definition) is 5. The van der Waals surface area contributed by atoms with Gasteiger partial charge < -0.3 is 30.5 Å². The first-order valence-corrected chi connectivity index (χ1v) is 8.84. The number of nitrogens with zero attached hydrogens (tertiary/aromatic N) is 1. The molecule has 0 aliphatic heterocycles. The number of rotatable bonds is 7. The van der Waals surface area contributed by atoms with Gasteiger partial charge in [-0.15, -0.1) is 0 Å². The molecule has 0 fully saturated rings. The normalized spacial score (nSPS) is 14.2. The summed E-state index contributed by atoms with van der Waals surface area (Å²) < 4.78 is 18.9. The zero-order valence-corrected chi connectivity index (χ0v) is 15.5. The van der Waals surface area contributed by atoms with Gasteiger partial charge in [-0.2, -0.15) is 15.6 Å². The smallest absolute Gasteiger partial charge is 0.199 e. The van der Waals surface area contributed by atoms with E-state index in [0.717, 1.165) is 3.58 Å². The Morgan fingerprint density at radius 2 is 2.17 bits per heavy atom. The number of aliphatic hydroxyl groups excluding tert-OH is 1. The third-order valence-corrected chi connectivity index (χ3v) is 4.29. The number of nitrogens with two attached hydrogens (primary N) is 1. The Morgan fingerprint density at radius 3 is 2.65 bits per heavy atom. The fourth-order valence-corrected chi connectivity index (χ4v) is 2.15. The van der Waals surface area contributed by atoms with E-state index in [1.165, 1.54) is 0 Å². The van der Waals surface area contributed by atoms with Crippen LogP contribution in [0.2, 0.25) is 0 Å². The molecule has 1 rings (SSSR count). The molecule has 0 heterocycles. The summed E-state index contributed by atoms with van der Waals surface area (Å²) in [5.74, 6) is 0.643. The fraction of sp³-hybridized carbons (Fsp3) is 0.214. The number of hydrogen-bond acceptors (Lipinski definition) is 6. The molecule has 9 heteroatoms. The molecule has 126 valence electrons. The maximum Gasteiger partial charge on any atom is 0.199 e. The Bertz CT molecular complexity index is 675. The third kappa shape index (κ3) is 6.59. The molecule has 1 aromatic carbocycles. The van der Waals surface area contributed by atoms with Gasteiger partial charge in [-0.1, -0.05) is 29.7 Å². The Balaban J connectivity index is 2.93. The highest BCUT2D eigenvalue weighted by Crippen LogP contribution is 2.14. The topological polar surface area (TPSA) is 124 Å². The molecule has 0 saturated heterocycles. The summed E-state index contributed by atoms with van der Waals surface area (Å²) in [5.41, 5.74) is 6.54. The Labute approximate surface area is 150 Å². The van der Waals surface area contributed by atoms with Gasteiger partial charge in [-0.3, -0.25) is 0 Å². The van der Waals surface area contributed by atoms with E-state index >= 15 is 0 Å². The van der Waals surface area contributed by atoms with Gasteiger partial charge in [-0.25, -0.2) is 0 Å². The van der Waals surface area contributed by atoms with E-state index in [1.807, 2.05) is 6.92 Å². The molecular weight excluding hydrogens is 429 g/mol. The standard InChI is InChI=1S/C14H19IN5O2S/c1-3-12(15)13(18-9(2)8-21)20-14(16)19-10-4-6-11(7-5-10)23(17)22/h3-7,9,17-18,21H,1,8H2,2H3,(H3,16,19,20)/q-1/b13-12+/t9-/m1/s1. The van der Waals surface area contributed by atoms with Gasteiger partial charge in [0.15, 0.2) is 5.96 Å². The van der Waals surface area contributed by atoms with E-state index in [1.54, 1.807) is 30.3 Å². The van der Waals surface area contributed by atoms with Crippen LogP contribution in [0.25, 0.3) is 0 Å².